The van der Waals surface area contributed by atoms with Crippen LogP contribution in [-0.2, 0) is 17.4 Å². The van der Waals surface area contributed by atoms with Crippen molar-refractivity contribution in [1.82, 2.24) is 0 Å². The third-order valence-corrected chi connectivity index (χ3v) is 10.1. The number of hydrogen-bond acceptors (Lipinski definition) is 3. The summed E-state index contributed by atoms with van der Waals surface area (Å²) in [6.07, 6.45) is 12.1. The standard InChI is InChI=1S/C40H36O3/c1-41-30-18-14-28(15-19-30)40(29-16-20-31(42-2)21-17-29)25-22-35-37-36(33-12-6-7-13-34(33)38(35)43-40)32-11-5-4-10-27(32)26-39(37)23-8-3-9-24-39/h4-7,10-22,25H,3,8-9,23-24,26H2,1-2H3. The molecule has 8 rings (SSSR count). The molecule has 0 saturated heterocycles. The highest BCUT2D eigenvalue weighted by Gasteiger charge is 2.45. The van der Waals surface area contributed by atoms with Gasteiger partial charge in [-0.15, -0.1) is 0 Å². The van der Waals surface area contributed by atoms with Gasteiger partial charge in [0.05, 0.1) is 14.2 Å². The lowest BCUT2D eigenvalue weighted by Crippen LogP contribution is -2.38. The normalized spacial score (nSPS) is 17.4. The molecule has 214 valence electrons. The van der Waals surface area contributed by atoms with Crippen LogP contribution in [0.2, 0.25) is 0 Å². The maximum absolute atomic E-state index is 7.47. The summed E-state index contributed by atoms with van der Waals surface area (Å²) in [5, 5.41) is 2.44. The quantitative estimate of drug-likeness (QED) is 0.217. The third kappa shape index (κ3) is 3.94. The van der Waals surface area contributed by atoms with Gasteiger partial charge in [-0.05, 0) is 77.2 Å². The summed E-state index contributed by atoms with van der Waals surface area (Å²) < 4.78 is 18.5. The van der Waals surface area contributed by atoms with Crippen LogP contribution in [0.3, 0.4) is 0 Å². The Balaban J connectivity index is 1.43. The minimum atomic E-state index is -0.811. The summed E-state index contributed by atoms with van der Waals surface area (Å²) in [6, 6.07) is 34.5. The van der Waals surface area contributed by atoms with Crippen molar-refractivity contribution in [1.29, 1.82) is 0 Å². The predicted octanol–water partition coefficient (Wildman–Crippen LogP) is 9.63. The minimum Gasteiger partial charge on any atom is -0.497 e. The Bertz CT molecular complexity index is 1810. The van der Waals surface area contributed by atoms with Crippen molar-refractivity contribution in [2.45, 2.75) is 49.5 Å². The number of ether oxygens (including phenoxy) is 3. The molecule has 1 aliphatic heterocycles. The van der Waals surface area contributed by atoms with Crippen molar-refractivity contribution in [2.75, 3.05) is 14.2 Å². The maximum Gasteiger partial charge on any atom is 0.178 e. The fourth-order valence-electron chi connectivity index (χ4n) is 8.10. The van der Waals surface area contributed by atoms with Crippen LogP contribution in [0.5, 0.6) is 17.2 Å². The van der Waals surface area contributed by atoms with Crippen LogP contribution in [-0.4, -0.2) is 14.2 Å². The highest BCUT2D eigenvalue weighted by molar-refractivity contribution is 6.06. The van der Waals surface area contributed by atoms with Crippen molar-refractivity contribution < 1.29 is 14.2 Å². The van der Waals surface area contributed by atoms with Crippen LogP contribution in [0.1, 0.15) is 59.9 Å². The fourth-order valence-corrected chi connectivity index (χ4v) is 8.10. The number of fused-ring (bicyclic) bond motifs is 9. The summed E-state index contributed by atoms with van der Waals surface area (Å²) in [7, 11) is 3.41. The second kappa shape index (κ2) is 10.1. The van der Waals surface area contributed by atoms with Crippen LogP contribution < -0.4 is 14.2 Å². The van der Waals surface area contributed by atoms with Crippen LogP contribution in [0.4, 0.5) is 0 Å². The van der Waals surface area contributed by atoms with E-state index in [4.69, 9.17) is 14.2 Å². The smallest absolute Gasteiger partial charge is 0.178 e. The van der Waals surface area contributed by atoms with E-state index in [9.17, 15) is 0 Å². The van der Waals surface area contributed by atoms with Crippen LogP contribution >= 0.6 is 0 Å². The molecule has 43 heavy (non-hydrogen) atoms. The topological polar surface area (TPSA) is 27.7 Å². The zero-order chi connectivity index (χ0) is 29.0. The molecule has 3 aliphatic rings. The number of rotatable bonds is 4. The maximum atomic E-state index is 7.47. The zero-order valence-corrected chi connectivity index (χ0v) is 24.9. The van der Waals surface area contributed by atoms with E-state index in [0.717, 1.165) is 40.2 Å². The highest BCUT2D eigenvalue weighted by Crippen LogP contribution is 2.58. The Morgan fingerprint density at radius 1 is 0.651 bits per heavy atom. The molecule has 0 aromatic heterocycles. The van der Waals surface area contributed by atoms with Crippen LogP contribution in [0, 0.1) is 0 Å². The van der Waals surface area contributed by atoms with Crippen molar-refractivity contribution in [3.63, 3.8) is 0 Å². The predicted molar refractivity (Wildman–Crippen MR) is 174 cm³/mol. The molecule has 1 spiro atoms. The van der Waals surface area contributed by atoms with E-state index in [2.05, 4.69) is 84.9 Å². The molecule has 0 bridgehead atoms. The van der Waals surface area contributed by atoms with Crippen molar-refractivity contribution in [3.8, 4) is 28.4 Å². The molecule has 1 heterocycles. The van der Waals surface area contributed by atoms with Crippen LogP contribution in [0.25, 0.3) is 28.0 Å². The third-order valence-electron chi connectivity index (χ3n) is 10.1. The number of methoxy groups -OCH3 is 2. The Morgan fingerprint density at radius 2 is 1.26 bits per heavy atom. The van der Waals surface area contributed by atoms with Gasteiger partial charge in [0.25, 0.3) is 0 Å². The lowest BCUT2D eigenvalue weighted by Gasteiger charge is -2.46. The highest BCUT2D eigenvalue weighted by atomic mass is 16.5. The molecular weight excluding hydrogens is 528 g/mol. The molecule has 3 nitrogen and oxygen atoms in total. The second-order valence-electron chi connectivity index (χ2n) is 12.3. The molecule has 3 heteroatoms. The van der Waals surface area contributed by atoms with Gasteiger partial charge in [0.15, 0.2) is 5.60 Å². The van der Waals surface area contributed by atoms with E-state index in [-0.39, 0.29) is 5.41 Å². The lowest BCUT2D eigenvalue weighted by molar-refractivity contribution is 0.162. The summed E-state index contributed by atoms with van der Waals surface area (Å²) >= 11 is 0. The van der Waals surface area contributed by atoms with Gasteiger partial charge in [0, 0.05) is 27.5 Å². The molecule has 0 atom stereocenters. The number of hydrogen-bond donors (Lipinski definition) is 0. The zero-order valence-electron chi connectivity index (χ0n) is 24.9. The van der Waals surface area contributed by atoms with E-state index >= 15 is 0 Å². The monoisotopic (exact) mass is 564 g/mol. The molecule has 5 aromatic carbocycles. The van der Waals surface area contributed by atoms with Gasteiger partial charge < -0.3 is 14.2 Å². The van der Waals surface area contributed by atoms with E-state index < -0.39 is 5.60 Å². The summed E-state index contributed by atoms with van der Waals surface area (Å²) in [5.74, 6) is 2.63. The average Bonchev–Trinajstić information content (AvgIpc) is 3.08. The van der Waals surface area contributed by atoms with Gasteiger partial charge in [-0.3, -0.25) is 0 Å². The Kier molecular flexibility index (Phi) is 6.11. The van der Waals surface area contributed by atoms with Gasteiger partial charge in [0.1, 0.15) is 17.2 Å². The second-order valence-corrected chi connectivity index (χ2v) is 12.3. The first-order valence-corrected chi connectivity index (χ1v) is 15.5. The minimum absolute atomic E-state index is 0.115. The van der Waals surface area contributed by atoms with Gasteiger partial charge in [-0.2, -0.15) is 0 Å². The summed E-state index contributed by atoms with van der Waals surface area (Å²) in [5.41, 5.74) is 8.43. The summed E-state index contributed by atoms with van der Waals surface area (Å²) in [6.45, 7) is 0. The van der Waals surface area contributed by atoms with E-state index in [1.807, 2.05) is 24.3 Å². The van der Waals surface area contributed by atoms with E-state index in [1.165, 1.54) is 65.3 Å². The first-order valence-electron chi connectivity index (χ1n) is 15.5. The molecule has 2 aliphatic carbocycles. The molecule has 5 aromatic rings. The Hall–Kier alpha value is -4.50. The van der Waals surface area contributed by atoms with Crippen molar-refractivity contribution in [2.24, 2.45) is 0 Å². The fraction of sp³-hybridized carbons (Fsp3) is 0.250. The molecule has 0 unspecified atom stereocenters. The largest absolute Gasteiger partial charge is 0.497 e. The van der Waals surface area contributed by atoms with Gasteiger partial charge in [0.2, 0.25) is 0 Å². The first-order chi connectivity index (χ1) is 21.2. The van der Waals surface area contributed by atoms with E-state index in [0.29, 0.717) is 0 Å². The Labute approximate surface area is 253 Å². The summed E-state index contributed by atoms with van der Waals surface area (Å²) in [4.78, 5) is 0. The van der Waals surface area contributed by atoms with Crippen molar-refractivity contribution in [3.05, 3.63) is 131 Å². The average molecular weight is 565 g/mol. The molecule has 0 radical (unpaired) electrons. The van der Waals surface area contributed by atoms with Gasteiger partial charge in [-0.1, -0.05) is 98.1 Å². The van der Waals surface area contributed by atoms with E-state index in [1.54, 1.807) is 14.2 Å². The van der Waals surface area contributed by atoms with Gasteiger partial charge >= 0.3 is 0 Å². The SMILES string of the molecule is COc1ccc(C2(c3ccc(OC)cc3)C=Cc3c4c(c5ccccc5c3O2)-c2ccccc2CC42CCCCC2)cc1. The number of benzene rings is 5. The molecule has 1 fully saturated rings. The molecule has 0 N–H and O–H groups in total. The lowest BCUT2D eigenvalue weighted by atomic mass is 9.59. The van der Waals surface area contributed by atoms with Crippen LogP contribution in [0.15, 0.2) is 103 Å². The first kappa shape index (κ1) is 26.2. The molecule has 0 amide bonds. The van der Waals surface area contributed by atoms with Gasteiger partial charge in [-0.25, -0.2) is 0 Å². The molecular formula is C40H36O3. The molecule has 1 saturated carbocycles. The Morgan fingerprint density at radius 3 is 1.91 bits per heavy atom. The van der Waals surface area contributed by atoms with Crippen molar-refractivity contribution >= 4 is 16.8 Å².